The molecule has 0 N–H and O–H groups in total. The summed E-state index contributed by atoms with van der Waals surface area (Å²) in [6.45, 7) is 4.02. The summed E-state index contributed by atoms with van der Waals surface area (Å²) in [4.78, 5) is 13.8. The molecule has 2 aliphatic rings. The lowest BCUT2D eigenvalue weighted by molar-refractivity contribution is -0.124. The maximum absolute atomic E-state index is 12.0. The first-order chi connectivity index (χ1) is 7.13. The third-order valence-corrected chi connectivity index (χ3v) is 3.54. The molecule has 1 atom stereocenters. The Morgan fingerprint density at radius 3 is 2.47 bits per heavy atom. The van der Waals surface area contributed by atoms with Gasteiger partial charge in [0.1, 0.15) is 0 Å². The van der Waals surface area contributed by atoms with Crippen LogP contribution in [-0.4, -0.2) is 23.9 Å². The predicted octanol–water partition coefficient (Wildman–Crippen LogP) is 1.81. The van der Waals surface area contributed by atoms with Gasteiger partial charge in [-0.25, -0.2) is 0 Å². The third kappa shape index (κ3) is 1.34. The lowest BCUT2D eigenvalue weighted by atomic mass is 9.67. The smallest absolute Gasteiger partial charge is 0.250 e. The normalized spacial score (nSPS) is 33.0. The van der Waals surface area contributed by atoms with Crippen molar-refractivity contribution in [3.05, 3.63) is 43.8 Å². The van der Waals surface area contributed by atoms with Gasteiger partial charge in [-0.05, 0) is 46.0 Å². The van der Waals surface area contributed by atoms with Gasteiger partial charge in [0.05, 0.1) is 0 Å². The van der Waals surface area contributed by atoms with Gasteiger partial charge in [0.15, 0.2) is 0 Å². The van der Waals surface area contributed by atoms with Crippen LogP contribution >= 0.6 is 0 Å². The van der Waals surface area contributed by atoms with Crippen molar-refractivity contribution in [3.63, 3.8) is 0 Å². The van der Waals surface area contributed by atoms with Crippen LogP contribution < -0.4 is 0 Å². The van der Waals surface area contributed by atoms with Crippen molar-refractivity contribution in [2.45, 2.75) is 19.9 Å². The number of likely N-dealkylation sites (N-methyl/N-ethyl adjacent to an activating group) is 1. The Morgan fingerprint density at radius 1 is 1.33 bits per heavy atom. The fourth-order valence-corrected chi connectivity index (χ4v) is 2.48. The Bertz CT molecular complexity index is 300. The number of nitrogens with zero attached hydrogens (tertiary/aromatic N) is 1. The zero-order valence-electron chi connectivity index (χ0n) is 9.40. The molecule has 0 aromatic rings. The first kappa shape index (κ1) is 10.7. The topological polar surface area (TPSA) is 20.3 Å². The van der Waals surface area contributed by atoms with E-state index in [1.54, 1.807) is 0 Å². The molecule has 79 valence electrons. The molecule has 1 saturated carbocycles. The summed E-state index contributed by atoms with van der Waals surface area (Å²) >= 11 is 0. The van der Waals surface area contributed by atoms with Gasteiger partial charge in [0, 0.05) is 24.1 Å². The van der Waals surface area contributed by atoms with Crippen LogP contribution in [0.3, 0.4) is 0 Å². The predicted molar refractivity (Wildman–Crippen MR) is 59.9 cm³/mol. The molecule has 1 aliphatic heterocycles. The van der Waals surface area contributed by atoms with E-state index in [0.29, 0.717) is 0 Å². The summed E-state index contributed by atoms with van der Waals surface area (Å²) < 4.78 is 0. The molecule has 1 aliphatic carbocycles. The molecule has 2 rings (SSSR count). The molecule has 1 amide bonds. The summed E-state index contributed by atoms with van der Waals surface area (Å²) in [6, 6.07) is 0.192. The van der Waals surface area contributed by atoms with Crippen molar-refractivity contribution in [2.24, 2.45) is 5.41 Å². The monoisotopic (exact) mass is 202 g/mol. The van der Waals surface area contributed by atoms with Crippen molar-refractivity contribution in [3.8, 4) is 0 Å². The van der Waals surface area contributed by atoms with Crippen LogP contribution in [0.2, 0.25) is 0 Å². The molecule has 2 fully saturated rings. The Morgan fingerprint density at radius 2 is 1.93 bits per heavy atom. The average molecular weight is 202 g/mol. The third-order valence-electron chi connectivity index (χ3n) is 3.54. The van der Waals surface area contributed by atoms with Crippen LogP contribution in [0.4, 0.5) is 0 Å². The number of likely N-dealkylation sites (tertiary alicyclic amines) is 1. The van der Waals surface area contributed by atoms with E-state index in [-0.39, 0.29) is 17.4 Å². The van der Waals surface area contributed by atoms with E-state index in [2.05, 4.69) is 19.8 Å². The highest BCUT2D eigenvalue weighted by molar-refractivity contribution is 5.99. The summed E-state index contributed by atoms with van der Waals surface area (Å²) in [5.41, 5.74) is 0.674. The van der Waals surface area contributed by atoms with E-state index in [0.717, 1.165) is 5.57 Å². The molecular formula is C13H16NO. The van der Waals surface area contributed by atoms with Crippen molar-refractivity contribution >= 4 is 5.91 Å². The lowest BCUT2D eigenvalue weighted by Gasteiger charge is -2.37. The highest BCUT2D eigenvalue weighted by Gasteiger charge is 2.52. The van der Waals surface area contributed by atoms with Crippen LogP contribution in [0.25, 0.3) is 0 Å². The maximum Gasteiger partial charge on any atom is 0.250 e. The first-order valence-electron chi connectivity index (χ1n) is 5.28. The van der Waals surface area contributed by atoms with Crippen molar-refractivity contribution in [1.82, 2.24) is 4.90 Å². The Balaban J connectivity index is 2.40. The van der Waals surface area contributed by atoms with Gasteiger partial charge >= 0.3 is 0 Å². The largest absolute Gasteiger partial charge is 0.338 e. The fraction of sp³-hybridized carbons (Fsp3) is 0.385. The van der Waals surface area contributed by atoms with Crippen LogP contribution in [0, 0.1) is 37.5 Å². The molecule has 0 unspecified atom stereocenters. The number of carbonyl (C=O) groups excluding carboxylic acids is 1. The quantitative estimate of drug-likeness (QED) is 0.549. The average Bonchev–Trinajstić information content (AvgIpc) is 2.43. The van der Waals surface area contributed by atoms with Crippen molar-refractivity contribution < 1.29 is 4.79 Å². The number of rotatable bonds is 0. The van der Waals surface area contributed by atoms with Gasteiger partial charge < -0.3 is 4.90 Å². The molecular weight excluding hydrogens is 186 g/mol. The Kier molecular flexibility index (Phi) is 2.61. The second-order valence-electron chi connectivity index (χ2n) is 4.14. The molecule has 1 spiro atoms. The van der Waals surface area contributed by atoms with E-state index in [9.17, 15) is 4.79 Å². The zero-order valence-corrected chi connectivity index (χ0v) is 9.40. The minimum Gasteiger partial charge on any atom is -0.338 e. The highest BCUT2D eigenvalue weighted by Crippen LogP contribution is 2.49. The van der Waals surface area contributed by atoms with E-state index < -0.39 is 0 Å². The van der Waals surface area contributed by atoms with Gasteiger partial charge in [-0.15, -0.1) is 0 Å². The molecule has 0 aromatic carbocycles. The molecule has 1 heterocycles. The summed E-state index contributed by atoms with van der Waals surface area (Å²) in [6.07, 6.45) is 12.2. The zero-order chi connectivity index (χ0) is 11.1. The van der Waals surface area contributed by atoms with E-state index >= 15 is 0 Å². The highest BCUT2D eigenvalue weighted by atomic mass is 16.2. The van der Waals surface area contributed by atoms with Crippen LogP contribution in [0.15, 0.2) is 11.6 Å². The van der Waals surface area contributed by atoms with Gasteiger partial charge in [0.2, 0.25) is 5.91 Å². The molecule has 1 saturated heterocycles. The maximum atomic E-state index is 12.0. The molecule has 2 nitrogen and oxygen atoms in total. The van der Waals surface area contributed by atoms with Crippen LogP contribution in [0.5, 0.6) is 0 Å². The molecule has 15 heavy (non-hydrogen) atoms. The lowest BCUT2D eigenvalue weighted by Crippen LogP contribution is -2.38. The van der Waals surface area contributed by atoms with Gasteiger partial charge in [0.25, 0.3) is 0 Å². The second kappa shape index (κ2) is 3.66. The minimum atomic E-state index is -0.213. The summed E-state index contributed by atoms with van der Waals surface area (Å²) in [7, 11) is 1.87. The molecule has 0 bridgehead atoms. The minimum absolute atomic E-state index is 0.140. The van der Waals surface area contributed by atoms with E-state index in [1.807, 2.05) is 44.2 Å². The second-order valence-corrected chi connectivity index (χ2v) is 4.14. The molecule has 0 aromatic heterocycles. The summed E-state index contributed by atoms with van der Waals surface area (Å²) in [5.74, 6) is 0.140. The van der Waals surface area contributed by atoms with E-state index in [4.69, 9.17) is 0 Å². The van der Waals surface area contributed by atoms with Crippen LogP contribution in [0.1, 0.15) is 13.8 Å². The number of amides is 1. The standard InChI is InChI=1S/C13H16NO/c1-4-11-12(15)14(3)10(2)13(11)8-6-5-7-9-13/h4-10H,1-3H3/b11-4+/t10-/m0/s1. The Labute approximate surface area is 92.3 Å². The number of allylic oxidation sites excluding steroid dienone is 1. The van der Waals surface area contributed by atoms with Crippen molar-refractivity contribution in [1.29, 1.82) is 0 Å². The fourth-order valence-electron chi connectivity index (χ4n) is 2.48. The number of carbonyl (C=O) groups is 1. The van der Waals surface area contributed by atoms with Gasteiger partial charge in [-0.2, -0.15) is 0 Å². The molecule has 2 heteroatoms. The first-order valence-corrected chi connectivity index (χ1v) is 5.28. The van der Waals surface area contributed by atoms with Crippen LogP contribution in [-0.2, 0) is 4.79 Å². The SMILES string of the molecule is C/C=C1\C(=O)N(C)[C@@H](C)C12[CH][CH][CH][CH][CH]2. The Hall–Kier alpha value is -0.790. The van der Waals surface area contributed by atoms with E-state index in [1.165, 1.54) is 0 Å². The molecule has 5 radical (unpaired) electrons. The number of hydrogen-bond acceptors (Lipinski definition) is 1. The number of hydrogen-bond donors (Lipinski definition) is 0. The van der Waals surface area contributed by atoms with Gasteiger partial charge in [-0.3, -0.25) is 4.79 Å². The summed E-state index contributed by atoms with van der Waals surface area (Å²) in [5, 5.41) is 0. The van der Waals surface area contributed by atoms with Gasteiger partial charge in [-0.1, -0.05) is 6.08 Å². The van der Waals surface area contributed by atoms with Crippen molar-refractivity contribution in [2.75, 3.05) is 7.05 Å².